The lowest BCUT2D eigenvalue weighted by Crippen LogP contribution is -2.25. The molecule has 0 fully saturated rings. The fourth-order valence-corrected chi connectivity index (χ4v) is 2.58. The molecule has 5 heteroatoms. The van der Waals surface area contributed by atoms with E-state index < -0.39 is 0 Å². The number of hydrogen-bond acceptors (Lipinski definition) is 3. The van der Waals surface area contributed by atoms with Gasteiger partial charge in [-0.1, -0.05) is 18.2 Å². The number of rotatable bonds is 4. The van der Waals surface area contributed by atoms with Crippen molar-refractivity contribution in [3.8, 4) is 0 Å². The maximum Gasteiger partial charge on any atom is 0.252 e. The third-order valence-corrected chi connectivity index (χ3v) is 3.90. The van der Waals surface area contributed by atoms with Crippen LogP contribution in [0.1, 0.15) is 15.9 Å². The summed E-state index contributed by atoms with van der Waals surface area (Å²) < 4.78 is 6.00. The van der Waals surface area contributed by atoms with Crippen molar-refractivity contribution in [2.24, 2.45) is 0 Å². The molecule has 0 saturated heterocycles. The second-order valence-corrected chi connectivity index (χ2v) is 5.49. The Morgan fingerprint density at radius 3 is 2.95 bits per heavy atom. The summed E-state index contributed by atoms with van der Waals surface area (Å²) >= 11 is 3.38. The summed E-state index contributed by atoms with van der Waals surface area (Å²) in [6.07, 6.45) is 2.18. The van der Waals surface area contributed by atoms with Gasteiger partial charge in [-0.15, -0.1) is 0 Å². The van der Waals surface area contributed by atoms with E-state index in [1.54, 1.807) is 6.07 Å². The Bertz CT molecular complexity index is 783. The molecule has 0 radical (unpaired) electrons. The van der Waals surface area contributed by atoms with Crippen molar-refractivity contribution >= 4 is 32.9 Å². The molecule has 0 aliphatic rings. The Morgan fingerprint density at radius 1 is 1.24 bits per heavy atom. The number of benzene rings is 2. The van der Waals surface area contributed by atoms with Gasteiger partial charge in [0.15, 0.2) is 12.0 Å². The van der Waals surface area contributed by atoms with E-state index in [9.17, 15) is 4.79 Å². The zero-order chi connectivity index (χ0) is 14.7. The standard InChI is InChI=1S/C16H13BrN2O2/c17-13-4-2-1-3-12(13)16(20)18-8-7-11-5-6-15-14(9-11)19-10-21-15/h1-6,9-10H,7-8H2,(H,18,20). The number of oxazole rings is 1. The first kappa shape index (κ1) is 13.8. The highest BCUT2D eigenvalue weighted by Crippen LogP contribution is 2.16. The molecule has 2 aromatic carbocycles. The minimum atomic E-state index is -0.0787. The molecule has 3 rings (SSSR count). The van der Waals surface area contributed by atoms with Gasteiger partial charge in [-0.3, -0.25) is 4.79 Å². The van der Waals surface area contributed by atoms with Gasteiger partial charge in [-0.25, -0.2) is 4.98 Å². The highest BCUT2D eigenvalue weighted by molar-refractivity contribution is 9.10. The minimum absolute atomic E-state index is 0.0787. The number of carbonyl (C=O) groups is 1. The van der Waals surface area contributed by atoms with Gasteiger partial charge in [0.1, 0.15) is 5.52 Å². The maximum absolute atomic E-state index is 12.1. The molecule has 1 N–H and O–H groups in total. The van der Waals surface area contributed by atoms with Crippen molar-refractivity contribution in [2.45, 2.75) is 6.42 Å². The van der Waals surface area contributed by atoms with Crippen LogP contribution in [0.3, 0.4) is 0 Å². The van der Waals surface area contributed by atoms with Crippen molar-refractivity contribution in [3.05, 3.63) is 64.5 Å². The van der Waals surface area contributed by atoms with Crippen LogP contribution in [-0.2, 0) is 6.42 Å². The number of carbonyl (C=O) groups excluding carboxylic acids is 1. The molecule has 0 unspecified atom stereocenters. The van der Waals surface area contributed by atoms with Gasteiger partial charge in [-0.05, 0) is 52.2 Å². The predicted octanol–water partition coefficient (Wildman–Crippen LogP) is 3.56. The normalized spacial score (nSPS) is 10.7. The van der Waals surface area contributed by atoms with Crippen molar-refractivity contribution in [1.82, 2.24) is 10.3 Å². The van der Waals surface area contributed by atoms with E-state index >= 15 is 0 Å². The number of halogens is 1. The second-order valence-electron chi connectivity index (χ2n) is 4.64. The van der Waals surface area contributed by atoms with Crippen LogP contribution in [0.4, 0.5) is 0 Å². The molecular formula is C16H13BrN2O2. The fourth-order valence-electron chi connectivity index (χ4n) is 2.12. The molecule has 0 saturated carbocycles. The first-order valence-electron chi connectivity index (χ1n) is 6.59. The highest BCUT2D eigenvalue weighted by atomic mass is 79.9. The van der Waals surface area contributed by atoms with E-state index in [2.05, 4.69) is 26.2 Å². The molecule has 0 atom stereocenters. The number of amides is 1. The minimum Gasteiger partial charge on any atom is -0.443 e. The summed E-state index contributed by atoms with van der Waals surface area (Å²) in [5.41, 5.74) is 3.37. The van der Waals surface area contributed by atoms with Gasteiger partial charge in [0.05, 0.1) is 5.56 Å². The van der Waals surface area contributed by atoms with Gasteiger partial charge in [0.25, 0.3) is 5.91 Å². The molecule has 0 spiro atoms. The van der Waals surface area contributed by atoms with Crippen LogP contribution < -0.4 is 5.32 Å². The SMILES string of the molecule is O=C(NCCc1ccc2ocnc2c1)c1ccccc1Br. The Hall–Kier alpha value is -2.14. The number of fused-ring (bicyclic) bond motifs is 1. The quantitative estimate of drug-likeness (QED) is 0.787. The molecule has 0 aliphatic heterocycles. The molecule has 106 valence electrons. The zero-order valence-corrected chi connectivity index (χ0v) is 12.8. The summed E-state index contributed by atoms with van der Waals surface area (Å²) in [4.78, 5) is 16.2. The van der Waals surface area contributed by atoms with Gasteiger partial charge in [0.2, 0.25) is 0 Å². The lowest BCUT2D eigenvalue weighted by molar-refractivity contribution is 0.0953. The maximum atomic E-state index is 12.1. The largest absolute Gasteiger partial charge is 0.443 e. The van der Waals surface area contributed by atoms with Crippen molar-refractivity contribution in [2.75, 3.05) is 6.54 Å². The molecule has 4 nitrogen and oxygen atoms in total. The smallest absolute Gasteiger partial charge is 0.252 e. The molecule has 1 heterocycles. The van der Waals surface area contributed by atoms with Crippen LogP contribution in [0.2, 0.25) is 0 Å². The molecule has 1 aromatic heterocycles. The third kappa shape index (κ3) is 3.13. The molecule has 1 amide bonds. The predicted molar refractivity (Wildman–Crippen MR) is 84.2 cm³/mol. The zero-order valence-electron chi connectivity index (χ0n) is 11.2. The van der Waals surface area contributed by atoms with E-state index in [1.165, 1.54) is 6.39 Å². The molecule has 0 aliphatic carbocycles. The first-order valence-corrected chi connectivity index (χ1v) is 7.38. The Labute approximate surface area is 130 Å². The topological polar surface area (TPSA) is 55.1 Å². The van der Waals surface area contributed by atoms with Gasteiger partial charge >= 0.3 is 0 Å². The molecular weight excluding hydrogens is 332 g/mol. The van der Waals surface area contributed by atoms with Gasteiger partial charge in [-0.2, -0.15) is 0 Å². The van der Waals surface area contributed by atoms with Crippen molar-refractivity contribution in [1.29, 1.82) is 0 Å². The highest BCUT2D eigenvalue weighted by Gasteiger charge is 2.08. The van der Waals surface area contributed by atoms with E-state index in [4.69, 9.17) is 4.42 Å². The van der Waals surface area contributed by atoms with Crippen LogP contribution in [0.5, 0.6) is 0 Å². The Morgan fingerprint density at radius 2 is 2.10 bits per heavy atom. The van der Waals surface area contributed by atoms with E-state index in [0.29, 0.717) is 12.1 Å². The number of aromatic nitrogens is 1. The summed E-state index contributed by atoms with van der Waals surface area (Å²) in [6, 6.07) is 13.2. The second kappa shape index (κ2) is 6.10. The van der Waals surface area contributed by atoms with Gasteiger partial charge in [0, 0.05) is 11.0 Å². The Balaban J connectivity index is 1.60. The number of nitrogens with zero attached hydrogens (tertiary/aromatic N) is 1. The first-order chi connectivity index (χ1) is 10.2. The van der Waals surface area contributed by atoms with Crippen LogP contribution in [0.25, 0.3) is 11.1 Å². The molecule has 0 bridgehead atoms. The lowest BCUT2D eigenvalue weighted by atomic mass is 10.1. The Kier molecular flexibility index (Phi) is 4.01. The van der Waals surface area contributed by atoms with Crippen molar-refractivity contribution < 1.29 is 9.21 Å². The number of nitrogens with one attached hydrogen (secondary N) is 1. The summed E-state index contributed by atoms with van der Waals surface area (Å²) in [7, 11) is 0. The average Bonchev–Trinajstić information content (AvgIpc) is 2.95. The summed E-state index contributed by atoms with van der Waals surface area (Å²) in [6.45, 7) is 0.573. The van der Waals surface area contributed by atoms with Crippen LogP contribution in [-0.4, -0.2) is 17.4 Å². The monoisotopic (exact) mass is 344 g/mol. The number of hydrogen-bond donors (Lipinski definition) is 1. The average molecular weight is 345 g/mol. The fraction of sp³-hybridized carbons (Fsp3) is 0.125. The van der Waals surface area contributed by atoms with Crippen LogP contribution in [0.15, 0.2) is 57.7 Å². The summed E-state index contributed by atoms with van der Waals surface area (Å²) in [5, 5.41) is 2.92. The summed E-state index contributed by atoms with van der Waals surface area (Å²) in [5.74, 6) is -0.0787. The van der Waals surface area contributed by atoms with Crippen LogP contribution >= 0.6 is 15.9 Å². The van der Waals surface area contributed by atoms with E-state index in [0.717, 1.165) is 27.6 Å². The van der Waals surface area contributed by atoms with E-state index in [1.807, 2.05) is 36.4 Å². The van der Waals surface area contributed by atoms with Gasteiger partial charge < -0.3 is 9.73 Å². The third-order valence-electron chi connectivity index (χ3n) is 3.21. The van der Waals surface area contributed by atoms with Crippen LogP contribution in [0, 0.1) is 0 Å². The molecule has 3 aromatic rings. The van der Waals surface area contributed by atoms with E-state index in [-0.39, 0.29) is 5.91 Å². The van der Waals surface area contributed by atoms with Crippen molar-refractivity contribution in [3.63, 3.8) is 0 Å². The lowest BCUT2D eigenvalue weighted by Gasteiger charge is -2.06. The molecule has 21 heavy (non-hydrogen) atoms.